The van der Waals surface area contributed by atoms with E-state index in [4.69, 9.17) is 9.40 Å². The quantitative estimate of drug-likeness (QED) is 0.176. The number of hydrogen-bond acceptors (Lipinski definition) is 2. The predicted octanol–water partition coefficient (Wildman–Crippen LogP) is 13.4. The smallest absolute Gasteiger partial charge is 0.227 e. The normalized spacial score (nSPS) is 11.8. The van der Waals surface area contributed by atoms with Crippen molar-refractivity contribution in [3.05, 3.63) is 182 Å². The number of nitrogens with zero attached hydrogens (tertiary/aromatic N) is 2. The Morgan fingerprint density at radius 2 is 0.865 bits per heavy atom. The molecule has 0 spiro atoms. The van der Waals surface area contributed by atoms with Gasteiger partial charge in [-0.15, -0.1) is 0 Å². The van der Waals surface area contributed by atoms with Gasteiger partial charge < -0.3 is 8.98 Å². The molecule has 0 bridgehead atoms. The van der Waals surface area contributed by atoms with E-state index in [0.717, 1.165) is 38.8 Å². The van der Waals surface area contributed by atoms with Crippen molar-refractivity contribution in [3.8, 4) is 39.4 Å². The van der Waals surface area contributed by atoms with Crippen LogP contribution >= 0.6 is 0 Å². The molecule has 0 aliphatic heterocycles. The predicted molar refractivity (Wildman–Crippen MR) is 217 cm³/mol. The summed E-state index contributed by atoms with van der Waals surface area (Å²) in [5.41, 5.74) is 10.5. The lowest BCUT2D eigenvalue weighted by Crippen LogP contribution is -1.94. The maximum absolute atomic E-state index is 6.64. The Labute approximate surface area is 299 Å². The van der Waals surface area contributed by atoms with Crippen LogP contribution in [0.25, 0.3) is 105 Å². The van der Waals surface area contributed by atoms with Crippen molar-refractivity contribution in [2.75, 3.05) is 0 Å². The summed E-state index contributed by atoms with van der Waals surface area (Å²) in [6, 6.07) is 65.1. The number of rotatable bonds is 4. The highest BCUT2D eigenvalue weighted by Gasteiger charge is 2.20. The second-order valence-corrected chi connectivity index (χ2v) is 13.5. The van der Waals surface area contributed by atoms with Crippen LogP contribution in [0.3, 0.4) is 0 Å². The Kier molecular flexibility index (Phi) is 6.25. The number of fused-ring (bicyclic) bond motifs is 11. The minimum Gasteiger partial charge on any atom is -0.434 e. The highest BCUT2D eigenvalue weighted by Crippen LogP contribution is 2.41. The summed E-state index contributed by atoms with van der Waals surface area (Å²) in [4.78, 5) is 4.94. The van der Waals surface area contributed by atoms with Crippen molar-refractivity contribution in [1.82, 2.24) is 9.55 Å². The van der Waals surface area contributed by atoms with Crippen molar-refractivity contribution < 1.29 is 4.42 Å². The zero-order valence-corrected chi connectivity index (χ0v) is 28.1. The van der Waals surface area contributed by atoms with Crippen molar-refractivity contribution in [1.29, 1.82) is 0 Å². The van der Waals surface area contributed by atoms with E-state index < -0.39 is 0 Å². The van der Waals surface area contributed by atoms with Gasteiger partial charge in [0.25, 0.3) is 0 Å². The van der Waals surface area contributed by atoms with Crippen LogP contribution in [0.4, 0.5) is 0 Å². The molecule has 0 saturated heterocycles. The van der Waals surface area contributed by atoms with Crippen molar-refractivity contribution in [2.24, 2.45) is 0 Å². The highest BCUT2D eigenvalue weighted by molar-refractivity contribution is 6.25. The minimum atomic E-state index is 0.622. The third kappa shape index (κ3) is 4.36. The van der Waals surface area contributed by atoms with Gasteiger partial charge >= 0.3 is 0 Å². The fourth-order valence-corrected chi connectivity index (χ4v) is 8.16. The van der Waals surface area contributed by atoms with Gasteiger partial charge in [-0.3, -0.25) is 0 Å². The second kappa shape index (κ2) is 11.3. The zero-order chi connectivity index (χ0) is 34.2. The second-order valence-electron chi connectivity index (χ2n) is 13.5. The molecule has 2 heterocycles. The standard InChI is InChI=1S/C49H30N2O/c1-3-11-31(12-4-1)35-22-28-46-44(30-35)42-26-27-45-48(52-49(50-45)33-13-5-2-6-14-33)47(42)51(46)36-23-19-32(20-24-36)34-21-25-41-39-17-8-7-15-37(39)38-16-9-10-18-40(38)43(41)29-34/h1-30H. The SMILES string of the molecule is c1ccc(-c2ccc3c(c2)c2ccc4nc(-c5ccccc5)oc4c2n3-c2ccc(-c3ccc4c5ccccc5c5ccccc5c4c3)cc2)cc1. The summed E-state index contributed by atoms with van der Waals surface area (Å²) in [6.07, 6.45) is 0. The van der Waals surface area contributed by atoms with Gasteiger partial charge in [0, 0.05) is 22.0 Å². The Morgan fingerprint density at radius 3 is 1.54 bits per heavy atom. The van der Waals surface area contributed by atoms with Gasteiger partial charge in [-0.2, -0.15) is 0 Å². The minimum absolute atomic E-state index is 0.622. The molecule has 242 valence electrons. The van der Waals surface area contributed by atoms with Gasteiger partial charge in [-0.05, 0) is 109 Å². The summed E-state index contributed by atoms with van der Waals surface area (Å²) in [5, 5.41) is 10.0. The Morgan fingerprint density at radius 1 is 0.365 bits per heavy atom. The van der Waals surface area contributed by atoms with Gasteiger partial charge in [0.2, 0.25) is 5.89 Å². The van der Waals surface area contributed by atoms with Crippen LogP contribution in [0.15, 0.2) is 186 Å². The molecule has 0 amide bonds. The monoisotopic (exact) mass is 662 g/mol. The van der Waals surface area contributed by atoms with Gasteiger partial charge in [0.05, 0.1) is 11.0 Å². The third-order valence-electron chi connectivity index (χ3n) is 10.6. The van der Waals surface area contributed by atoms with E-state index in [2.05, 4.69) is 156 Å². The molecule has 2 aromatic heterocycles. The molecule has 52 heavy (non-hydrogen) atoms. The summed E-state index contributed by atoms with van der Waals surface area (Å²) in [6.45, 7) is 0. The number of aromatic nitrogens is 2. The van der Waals surface area contributed by atoms with Crippen LogP contribution in [-0.4, -0.2) is 9.55 Å². The van der Waals surface area contributed by atoms with E-state index in [1.54, 1.807) is 0 Å². The van der Waals surface area contributed by atoms with Gasteiger partial charge in [0.1, 0.15) is 5.52 Å². The van der Waals surface area contributed by atoms with Crippen LogP contribution in [-0.2, 0) is 0 Å². The molecule has 3 heteroatoms. The van der Waals surface area contributed by atoms with Gasteiger partial charge in [0.15, 0.2) is 5.58 Å². The van der Waals surface area contributed by atoms with Crippen molar-refractivity contribution >= 4 is 65.2 Å². The maximum atomic E-state index is 6.64. The summed E-state index contributed by atoms with van der Waals surface area (Å²) >= 11 is 0. The molecular formula is C49H30N2O. The molecule has 0 aliphatic rings. The van der Waals surface area contributed by atoms with E-state index in [1.165, 1.54) is 60.0 Å². The molecule has 0 atom stereocenters. The molecule has 0 N–H and O–H groups in total. The lowest BCUT2D eigenvalue weighted by molar-refractivity contribution is 0.622. The first kappa shape index (κ1) is 28.8. The Hall–Kier alpha value is -6.97. The molecule has 0 aliphatic carbocycles. The maximum Gasteiger partial charge on any atom is 0.227 e. The first-order valence-electron chi connectivity index (χ1n) is 17.7. The Bertz CT molecular complexity index is 3080. The number of oxazole rings is 1. The van der Waals surface area contributed by atoms with E-state index in [9.17, 15) is 0 Å². The molecule has 0 radical (unpaired) electrons. The van der Waals surface area contributed by atoms with E-state index >= 15 is 0 Å². The highest BCUT2D eigenvalue weighted by atomic mass is 16.3. The lowest BCUT2D eigenvalue weighted by atomic mass is 9.92. The van der Waals surface area contributed by atoms with Crippen LogP contribution in [0.5, 0.6) is 0 Å². The fraction of sp³-hybridized carbons (Fsp3) is 0. The van der Waals surface area contributed by atoms with Crippen LogP contribution in [0.1, 0.15) is 0 Å². The summed E-state index contributed by atoms with van der Waals surface area (Å²) in [5.74, 6) is 0.622. The molecule has 0 fully saturated rings. The topological polar surface area (TPSA) is 31.0 Å². The lowest BCUT2D eigenvalue weighted by Gasteiger charge is -2.13. The summed E-state index contributed by atoms with van der Waals surface area (Å²) in [7, 11) is 0. The Balaban J connectivity index is 1.11. The number of benzene rings is 9. The van der Waals surface area contributed by atoms with E-state index in [-0.39, 0.29) is 0 Å². The van der Waals surface area contributed by atoms with Crippen molar-refractivity contribution in [2.45, 2.75) is 0 Å². The molecule has 3 nitrogen and oxygen atoms in total. The molecule has 11 aromatic rings. The number of hydrogen-bond donors (Lipinski definition) is 0. The van der Waals surface area contributed by atoms with Crippen LogP contribution < -0.4 is 0 Å². The summed E-state index contributed by atoms with van der Waals surface area (Å²) < 4.78 is 8.98. The zero-order valence-electron chi connectivity index (χ0n) is 28.1. The molecule has 0 saturated carbocycles. The molecule has 9 aromatic carbocycles. The molecule has 11 rings (SSSR count). The first-order valence-corrected chi connectivity index (χ1v) is 17.7. The molecule has 0 unspecified atom stereocenters. The van der Waals surface area contributed by atoms with Gasteiger partial charge in [-0.1, -0.05) is 127 Å². The third-order valence-corrected chi connectivity index (χ3v) is 10.6. The average Bonchev–Trinajstić information content (AvgIpc) is 3.81. The van der Waals surface area contributed by atoms with Crippen molar-refractivity contribution in [3.63, 3.8) is 0 Å². The van der Waals surface area contributed by atoms with Gasteiger partial charge in [-0.25, -0.2) is 4.98 Å². The van der Waals surface area contributed by atoms with E-state index in [0.29, 0.717) is 5.89 Å². The van der Waals surface area contributed by atoms with E-state index in [1.807, 2.05) is 30.3 Å². The largest absolute Gasteiger partial charge is 0.434 e. The van der Waals surface area contributed by atoms with Crippen LogP contribution in [0, 0.1) is 0 Å². The fourth-order valence-electron chi connectivity index (χ4n) is 8.16. The average molecular weight is 663 g/mol. The first-order chi connectivity index (χ1) is 25.8. The molecular weight excluding hydrogens is 633 g/mol. The van der Waals surface area contributed by atoms with Crippen LogP contribution in [0.2, 0.25) is 0 Å².